The fraction of sp³-hybridized carbons (Fsp3) is 0.167. The molecule has 0 fully saturated rings. The van der Waals surface area contributed by atoms with Gasteiger partial charge in [0.25, 0.3) is 5.91 Å². The summed E-state index contributed by atoms with van der Waals surface area (Å²) in [6.45, 7) is 2.47. The van der Waals surface area contributed by atoms with E-state index < -0.39 is 0 Å². The highest BCUT2D eigenvalue weighted by atomic mass is 32.1. The van der Waals surface area contributed by atoms with Crippen molar-refractivity contribution < 1.29 is 4.79 Å². The Labute approximate surface area is 98.2 Å². The normalized spacial score (nSPS) is 10.1. The first-order valence-electron chi connectivity index (χ1n) is 4.99. The van der Waals surface area contributed by atoms with Gasteiger partial charge in [-0.15, -0.1) is 11.3 Å². The van der Waals surface area contributed by atoms with E-state index in [4.69, 9.17) is 0 Å². The molecule has 0 unspecified atom stereocenters. The monoisotopic (exact) mass is 232 g/mol. The molecule has 0 aromatic carbocycles. The Hall–Kier alpha value is -1.68. The van der Waals surface area contributed by atoms with E-state index in [1.807, 2.05) is 30.5 Å². The van der Waals surface area contributed by atoms with Crippen LogP contribution in [0.3, 0.4) is 0 Å². The first-order chi connectivity index (χ1) is 7.75. The number of nitrogens with zero attached hydrogens (tertiary/aromatic N) is 1. The summed E-state index contributed by atoms with van der Waals surface area (Å²) < 4.78 is 0. The molecule has 1 N–H and O–H groups in total. The third-order valence-corrected chi connectivity index (χ3v) is 3.05. The fourth-order valence-electron chi connectivity index (χ4n) is 1.28. The average molecular weight is 232 g/mol. The number of aryl methyl sites for hydroxylation is 1. The summed E-state index contributed by atoms with van der Waals surface area (Å²) in [5.41, 5.74) is 1.51. The molecular formula is C12H12N2OS. The Kier molecular flexibility index (Phi) is 3.31. The second-order valence-electron chi connectivity index (χ2n) is 3.45. The second kappa shape index (κ2) is 4.90. The van der Waals surface area contributed by atoms with Crippen molar-refractivity contribution >= 4 is 17.2 Å². The number of aromatic nitrogens is 1. The first kappa shape index (κ1) is 10.8. The van der Waals surface area contributed by atoms with E-state index >= 15 is 0 Å². The number of hydrogen-bond acceptors (Lipinski definition) is 3. The van der Waals surface area contributed by atoms with Crippen molar-refractivity contribution in [3.63, 3.8) is 0 Å². The van der Waals surface area contributed by atoms with E-state index in [1.54, 1.807) is 23.6 Å². The van der Waals surface area contributed by atoms with E-state index in [0.29, 0.717) is 12.1 Å². The molecule has 1 amide bonds. The summed E-state index contributed by atoms with van der Waals surface area (Å²) in [7, 11) is 0. The smallest absolute Gasteiger partial charge is 0.253 e. The third kappa shape index (κ3) is 2.67. The van der Waals surface area contributed by atoms with Gasteiger partial charge in [-0.25, -0.2) is 0 Å². The first-order valence-corrected chi connectivity index (χ1v) is 5.87. The summed E-state index contributed by atoms with van der Waals surface area (Å²) in [6, 6.07) is 7.59. The molecule has 4 heteroatoms. The van der Waals surface area contributed by atoms with Gasteiger partial charge in [0.2, 0.25) is 0 Å². The minimum Gasteiger partial charge on any atom is -0.347 e. The Bertz CT molecular complexity index is 462. The molecule has 16 heavy (non-hydrogen) atoms. The lowest BCUT2D eigenvalue weighted by Gasteiger charge is -2.03. The molecule has 82 valence electrons. The maximum Gasteiger partial charge on any atom is 0.253 e. The Morgan fingerprint density at radius 3 is 2.94 bits per heavy atom. The molecular weight excluding hydrogens is 220 g/mol. The van der Waals surface area contributed by atoms with Gasteiger partial charge >= 0.3 is 0 Å². The van der Waals surface area contributed by atoms with Crippen molar-refractivity contribution in [1.29, 1.82) is 0 Å². The van der Waals surface area contributed by atoms with Crippen LogP contribution in [0, 0.1) is 6.92 Å². The lowest BCUT2D eigenvalue weighted by atomic mass is 10.2. The quantitative estimate of drug-likeness (QED) is 0.882. The van der Waals surface area contributed by atoms with Gasteiger partial charge in [0.15, 0.2) is 0 Å². The van der Waals surface area contributed by atoms with Gasteiger partial charge in [-0.3, -0.25) is 9.78 Å². The van der Waals surface area contributed by atoms with Gasteiger partial charge < -0.3 is 5.32 Å². The number of thiophene rings is 1. The molecule has 0 spiro atoms. The maximum atomic E-state index is 11.7. The Balaban J connectivity index is 1.95. The summed E-state index contributed by atoms with van der Waals surface area (Å²) in [5, 5.41) is 4.85. The molecule has 0 atom stereocenters. The van der Waals surface area contributed by atoms with Crippen LogP contribution in [-0.4, -0.2) is 10.9 Å². The van der Waals surface area contributed by atoms with Crippen LogP contribution in [0.2, 0.25) is 0 Å². The number of pyridine rings is 1. The van der Waals surface area contributed by atoms with Crippen molar-refractivity contribution in [1.82, 2.24) is 10.3 Å². The van der Waals surface area contributed by atoms with Crippen molar-refractivity contribution in [3.8, 4) is 0 Å². The minimum absolute atomic E-state index is 0.0825. The van der Waals surface area contributed by atoms with Crippen LogP contribution >= 0.6 is 11.3 Å². The average Bonchev–Trinajstić information content (AvgIpc) is 2.80. The molecule has 0 saturated heterocycles. The molecule has 2 rings (SSSR count). The molecule has 0 aliphatic heterocycles. The minimum atomic E-state index is -0.0825. The highest BCUT2D eigenvalue weighted by Crippen LogP contribution is 2.08. The molecule has 0 saturated carbocycles. The van der Waals surface area contributed by atoms with Crippen LogP contribution in [-0.2, 0) is 6.54 Å². The van der Waals surface area contributed by atoms with Gasteiger partial charge in [-0.1, -0.05) is 6.07 Å². The van der Waals surface area contributed by atoms with Crippen LogP contribution in [0.5, 0.6) is 0 Å². The van der Waals surface area contributed by atoms with Gasteiger partial charge in [-0.2, -0.15) is 0 Å². The van der Waals surface area contributed by atoms with E-state index in [1.165, 1.54) is 0 Å². The van der Waals surface area contributed by atoms with E-state index in [-0.39, 0.29) is 5.91 Å². The van der Waals surface area contributed by atoms with Gasteiger partial charge in [0.1, 0.15) is 0 Å². The summed E-state index contributed by atoms with van der Waals surface area (Å²) in [4.78, 5) is 16.9. The van der Waals surface area contributed by atoms with E-state index in [0.717, 1.165) is 10.6 Å². The number of rotatable bonds is 3. The second-order valence-corrected chi connectivity index (χ2v) is 4.48. The van der Waals surface area contributed by atoms with Crippen LogP contribution in [0.25, 0.3) is 0 Å². The van der Waals surface area contributed by atoms with Crippen LogP contribution < -0.4 is 5.32 Å². The third-order valence-electron chi connectivity index (χ3n) is 2.18. The topological polar surface area (TPSA) is 42.0 Å². The van der Waals surface area contributed by atoms with Gasteiger partial charge in [-0.05, 0) is 30.5 Å². The van der Waals surface area contributed by atoms with E-state index in [9.17, 15) is 4.79 Å². The Morgan fingerprint density at radius 2 is 2.31 bits per heavy atom. The zero-order chi connectivity index (χ0) is 11.4. The Morgan fingerprint density at radius 1 is 1.44 bits per heavy atom. The van der Waals surface area contributed by atoms with Crippen molar-refractivity contribution in [2.45, 2.75) is 13.5 Å². The van der Waals surface area contributed by atoms with Gasteiger partial charge in [0.05, 0.1) is 12.1 Å². The lowest BCUT2D eigenvalue weighted by molar-refractivity contribution is 0.0951. The van der Waals surface area contributed by atoms with Gasteiger partial charge in [0, 0.05) is 16.8 Å². The highest BCUT2D eigenvalue weighted by molar-refractivity contribution is 7.09. The summed E-state index contributed by atoms with van der Waals surface area (Å²) in [6.07, 6.45) is 1.60. The van der Waals surface area contributed by atoms with Crippen LogP contribution in [0.4, 0.5) is 0 Å². The molecule has 0 aliphatic rings. The molecule has 2 heterocycles. The number of nitrogens with one attached hydrogen (secondary N) is 1. The largest absolute Gasteiger partial charge is 0.347 e. The molecule has 0 radical (unpaired) electrons. The number of carbonyl (C=O) groups excluding carboxylic acids is 1. The number of hydrogen-bond donors (Lipinski definition) is 1. The number of amides is 1. The predicted molar refractivity (Wildman–Crippen MR) is 64.5 cm³/mol. The summed E-state index contributed by atoms with van der Waals surface area (Å²) >= 11 is 1.63. The predicted octanol–water partition coefficient (Wildman–Crippen LogP) is 2.38. The van der Waals surface area contributed by atoms with E-state index in [2.05, 4.69) is 10.3 Å². The maximum absolute atomic E-state index is 11.7. The SMILES string of the molecule is Cc1ccc(C(=O)NCc2cccs2)cn1. The highest BCUT2D eigenvalue weighted by Gasteiger charge is 2.05. The molecule has 0 bridgehead atoms. The number of carbonyl (C=O) groups is 1. The van der Waals surface area contributed by atoms with Crippen LogP contribution in [0.15, 0.2) is 35.8 Å². The lowest BCUT2D eigenvalue weighted by Crippen LogP contribution is -2.22. The zero-order valence-corrected chi connectivity index (χ0v) is 9.75. The fourth-order valence-corrected chi connectivity index (χ4v) is 1.93. The van der Waals surface area contributed by atoms with Crippen LogP contribution in [0.1, 0.15) is 20.9 Å². The summed E-state index contributed by atoms with van der Waals surface area (Å²) in [5.74, 6) is -0.0825. The zero-order valence-electron chi connectivity index (χ0n) is 8.93. The molecule has 3 nitrogen and oxygen atoms in total. The van der Waals surface area contributed by atoms with Crippen molar-refractivity contribution in [2.24, 2.45) is 0 Å². The van der Waals surface area contributed by atoms with Crippen molar-refractivity contribution in [3.05, 3.63) is 52.0 Å². The molecule has 2 aromatic heterocycles. The standard InChI is InChI=1S/C12H12N2OS/c1-9-4-5-10(7-13-9)12(15)14-8-11-3-2-6-16-11/h2-7H,8H2,1H3,(H,14,15). The molecule has 0 aliphatic carbocycles. The van der Waals surface area contributed by atoms with Crippen molar-refractivity contribution in [2.75, 3.05) is 0 Å². The molecule has 2 aromatic rings.